The van der Waals surface area contributed by atoms with E-state index in [0.717, 1.165) is 45.7 Å². The fourth-order valence-electron chi connectivity index (χ4n) is 3.49. The molecule has 3 heterocycles. The van der Waals surface area contributed by atoms with Gasteiger partial charge in [-0.25, -0.2) is 4.39 Å². The zero-order valence-electron chi connectivity index (χ0n) is 13.6. The number of carbonyl (C=O) groups is 1. The first-order chi connectivity index (χ1) is 11.5. The van der Waals surface area contributed by atoms with Gasteiger partial charge in [0, 0.05) is 19.0 Å². The van der Waals surface area contributed by atoms with Crippen LogP contribution in [0.5, 0.6) is 0 Å². The average molecular weight is 343 g/mol. The molecule has 4 rings (SSSR count). The van der Waals surface area contributed by atoms with Crippen molar-refractivity contribution in [3.63, 3.8) is 0 Å². The van der Waals surface area contributed by atoms with Gasteiger partial charge in [-0.15, -0.1) is 11.3 Å². The van der Waals surface area contributed by atoms with Gasteiger partial charge < -0.3 is 4.90 Å². The zero-order valence-corrected chi connectivity index (χ0v) is 14.4. The lowest BCUT2D eigenvalue weighted by Crippen LogP contribution is -2.29. The second kappa shape index (κ2) is 5.70. The van der Waals surface area contributed by atoms with Gasteiger partial charge in [0.15, 0.2) is 0 Å². The van der Waals surface area contributed by atoms with Crippen molar-refractivity contribution in [2.45, 2.75) is 25.8 Å². The summed E-state index contributed by atoms with van der Waals surface area (Å²) in [6.45, 7) is 2.70. The molecule has 2 aromatic heterocycles. The fourth-order valence-corrected chi connectivity index (χ4v) is 4.57. The Balaban J connectivity index is 1.66. The number of aryl methyl sites for hydroxylation is 2. The van der Waals surface area contributed by atoms with Crippen LogP contribution in [0.4, 0.5) is 4.39 Å². The quantitative estimate of drug-likeness (QED) is 0.704. The maximum atomic E-state index is 13.2. The monoisotopic (exact) mass is 343 g/mol. The van der Waals surface area contributed by atoms with Gasteiger partial charge in [0.1, 0.15) is 10.6 Å². The van der Waals surface area contributed by atoms with Crippen LogP contribution >= 0.6 is 11.3 Å². The molecule has 1 fully saturated rings. The van der Waals surface area contributed by atoms with Crippen LogP contribution in [0.3, 0.4) is 0 Å². The Morgan fingerprint density at radius 1 is 1.33 bits per heavy atom. The highest BCUT2D eigenvalue weighted by Crippen LogP contribution is 2.35. The lowest BCUT2D eigenvalue weighted by molar-refractivity contribution is 0.0740. The van der Waals surface area contributed by atoms with Crippen molar-refractivity contribution in [2.75, 3.05) is 6.54 Å². The summed E-state index contributed by atoms with van der Waals surface area (Å²) < 4.78 is 15.0. The van der Waals surface area contributed by atoms with Crippen molar-refractivity contribution in [3.05, 3.63) is 52.3 Å². The molecule has 1 aliphatic rings. The number of hydrogen-bond donors (Lipinski definition) is 0. The normalized spacial score (nSPS) is 17.8. The smallest absolute Gasteiger partial charge is 0.264 e. The SMILES string of the molecule is Cc1nn(C)c2sc(C(=O)N3CCCC3c3ccc(F)cc3)cc12. The molecule has 1 atom stereocenters. The minimum Gasteiger partial charge on any atom is -0.331 e. The number of carbonyl (C=O) groups excluding carboxylic acids is 1. The Labute approximate surface area is 143 Å². The highest BCUT2D eigenvalue weighted by atomic mass is 32.1. The van der Waals surface area contributed by atoms with Gasteiger partial charge in [0.05, 0.1) is 16.6 Å². The maximum absolute atomic E-state index is 13.2. The summed E-state index contributed by atoms with van der Waals surface area (Å²) in [4.78, 5) is 16.7. The molecule has 0 bridgehead atoms. The van der Waals surface area contributed by atoms with Crippen LogP contribution < -0.4 is 0 Å². The number of aromatic nitrogens is 2. The first-order valence-corrected chi connectivity index (χ1v) is 8.86. The Morgan fingerprint density at radius 3 is 2.79 bits per heavy atom. The summed E-state index contributed by atoms with van der Waals surface area (Å²) >= 11 is 1.49. The summed E-state index contributed by atoms with van der Waals surface area (Å²) in [6, 6.07) is 8.47. The summed E-state index contributed by atoms with van der Waals surface area (Å²) in [6.07, 6.45) is 1.89. The van der Waals surface area contributed by atoms with E-state index in [2.05, 4.69) is 5.10 Å². The molecule has 0 aliphatic carbocycles. The van der Waals surface area contributed by atoms with E-state index >= 15 is 0 Å². The van der Waals surface area contributed by atoms with Crippen molar-refractivity contribution in [1.82, 2.24) is 14.7 Å². The predicted molar refractivity (Wildman–Crippen MR) is 92.7 cm³/mol. The second-order valence-electron chi connectivity index (χ2n) is 6.25. The molecule has 1 unspecified atom stereocenters. The number of nitrogens with zero attached hydrogens (tertiary/aromatic N) is 3. The standard InChI is InChI=1S/C18H18FN3OS/c1-11-14-10-16(24-18(14)21(2)20-11)17(23)22-9-3-4-15(22)12-5-7-13(19)8-6-12/h5-8,10,15H,3-4,9H2,1-2H3. The number of thiophene rings is 1. The minimum atomic E-state index is -0.248. The van der Waals surface area contributed by atoms with Gasteiger partial charge in [0.2, 0.25) is 0 Å². The predicted octanol–water partition coefficient (Wildman–Crippen LogP) is 4.06. The number of fused-ring (bicyclic) bond motifs is 1. The fraction of sp³-hybridized carbons (Fsp3) is 0.333. The van der Waals surface area contributed by atoms with Crippen LogP contribution in [-0.4, -0.2) is 27.1 Å². The van der Waals surface area contributed by atoms with E-state index in [1.165, 1.54) is 23.5 Å². The lowest BCUT2D eigenvalue weighted by atomic mass is 10.0. The van der Waals surface area contributed by atoms with Crippen molar-refractivity contribution in [3.8, 4) is 0 Å². The highest BCUT2D eigenvalue weighted by molar-refractivity contribution is 7.20. The minimum absolute atomic E-state index is 0.0301. The van der Waals surface area contributed by atoms with Crippen molar-refractivity contribution < 1.29 is 9.18 Å². The molecule has 0 saturated carbocycles. The maximum Gasteiger partial charge on any atom is 0.264 e. The molecular formula is C18H18FN3OS. The Hall–Kier alpha value is -2.21. The number of likely N-dealkylation sites (tertiary alicyclic amines) is 1. The molecule has 24 heavy (non-hydrogen) atoms. The van der Waals surface area contributed by atoms with Crippen LogP contribution in [0.2, 0.25) is 0 Å². The highest BCUT2D eigenvalue weighted by Gasteiger charge is 2.31. The number of hydrogen-bond acceptors (Lipinski definition) is 3. The van der Waals surface area contributed by atoms with E-state index in [9.17, 15) is 9.18 Å². The third kappa shape index (κ3) is 2.41. The van der Waals surface area contributed by atoms with Gasteiger partial charge in [-0.1, -0.05) is 12.1 Å². The molecular weight excluding hydrogens is 325 g/mol. The largest absolute Gasteiger partial charge is 0.331 e. The van der Waals surface area contributed by atoms with E-state index in [4.69, 9.17) is 0 Å². The average Bonchev–Trinajstić information content (AvgIpc) is 3.26. The van der Waals surface area contributed by atoms with Crippen LogP contribution in [-0.2, 0) is 7.05 Å². The van der Waals surface area contributed by atoms with Crippen molar-refractivity contribution in [2.24, 2.45) is 7.05 Å². The first kappa shape index (κ1) is 15.3. The Kier molecular flexibility index (Phi) is 3.64. The molecule has 0 radical (unpaired) electrons. The molecule has 124 valence electrons. The van der Waals surface area contributed by atoms with Gasteiger partial charge in [-0.2, -0.15) is 5.10 Å². The van der Waals surface area contributed by atoms with Crippen LogP contribution in [0.25, 0.3) is 10.2 Å². The molecule has 6 heteroatoms. The third-order valence-corrected chi connectivity index (χ3v) is 5.87. The van der Waals surface area contributed by atoms with Crippen molar-refractivity contribution in [1.29, 1.82) is 0 Å². The molecule has 1 amide bonds. The molecule has 0 N–H and O–H groups in total. The van der Waals surface area contributed by atoms with Crippen LogP contribution in [0, 0.1) is 12.7 Å². The van der Waals surface area contributed by atoms with Gasteiger partial charge in [0.25, 0.3) is 5.91 Å². The zero-order chi connectivity index (χ0) is 16.8. The van der Waals surface area contributed by atoms with Gasteiger partial charge >= 0.3 is 0 Å². The van der Waals surface area contributed by atoms with Gasteiger partial charge in [-0.3, -0.25) is 9.48 Å². The van der Waals surface area contributed by atoms with E-state index < -0.39 is 0 Å². The van der Waals surface area contributed by atoms with E-state index in [1.807, 2.05) is 29.6 Å². The van der Waals surface area contributed by atoms with E-state index in [-0.39, 0.29) is 17.8 Å². The number of amides is 1. The second-order valence-corrected chi connectivity index (χ2v) is 7.28. The Morgan fingerprint density at radius 2 is 2.08 bits per heavy atom. The number of halogens is 1. The molecule has 0 spiro atoms. The summed E-state index contributed by atoms with van der Waals surface area (Å²) in [5.74, 6) is -0.190. The first-order valence-electron chi connectivity index (χ1n) is 8.04. The number of benzene rings is 1. The number of rotatable bonds is 2. The summed E-state index contributed by atoms with van der Waals surface area (Å²) in [5.41, 5.74) is 1.94. The van der Waals surface area contributed by atoms with E-state index in [1.54, 1.807) is 12.1 Å². The topological polar surface area (TPSA) is 38.1 Å². The summed E-state index contributed by atoms with van der Waals surface area (Å²) in [5, 5.41) is 5.43. The molecule has 1 aliphatic heterocycles. The third-order valence-electron chi connectivity index (χ3n) is 4.68. The van der Waals surface area contributed by atoms with Crippen molar-refractivity contribution >= 4 is 27.5 Å². The molecule has 1 saturated heterocycles. The van der Waals surface area contributed by atoms with Crippen LogP contribution in [0.15, 0.2) is 30.3 Å². The molecule has 3 aromatic rings. The van der Waals surface area contributed by atoms with Gasteiger partial charge in [-0.05, 0) is 43.5 Å². The lowest BCUT2D eigenvalue weighted by Gasteiger charge is -2.24. The summed E-state index contributed by atoms with van der Waals surface area (Å²) in [7, 11) is 1.90. The van der Waals surface area contributed by atoms with Crippen LogP contribution in [0.1, 0.15) is 39.8 Å². The molecule has 4 nitrogen and oxygen atoms in total. The van der Waals surface area contributed by atoms with E-state index in [0.29, 0.717) is 0 Å². The molecule has 1 aromatic carbocycles. The Bertz CT molecular complexity index is 878.